The molecular formula is C13H22N4O2S. The molecule has 0 radical (unpaired) electrons. The first-order valence-electron chi connectivity index (χ1n) is 6.79. The van der Waals surface area contributed by atoms with Crippen LogP contribution < -0.4 is 11.1 Å². The second-order valence-corrected chi connectivity index (χ2v) is 7.25. The first-order valence-corrected chi connectivity index (χ1v) is 7.61. The number of amides is 1. The Morgan fingerprint density at radius 2 is 2.05 bits per heavy atom. The molecule has 0 aromatic carbocycles. The van der Waals surface area contributed by atoms with Crippen molar-refractivity contribution in [3.05, 3.63) is 5.01 Å². The highest BCUT2D eigenvalue weighted by Crippen LogP contribution is 2.32. The highest BCUT2D eigenvalue weighted by molar-refractivity contribution is 7.15. The molecule has 1 saturated heterocycles. The Balaban J connectivity index is 2.03. The summed E-state index contributed by atoms with van der Waals surface area (Å²) >= 11 is 1.52. The number of hydrogen-bond donors (Lipinski definition) is 2. The van der Waals surface area contributed by atoms with Gasteiger partial charge >= 0.3 is 0 Å². The van der Waals surface area contributed by atoms with Gasteiger partial charge in [0.1, 0.15) is 5.01 Å². The number of nitrogens with two attached hydrogens (primary N) is 1. The second-order valence-electron chi connectivity index (χ2n) is 6.27. The number of aromatic nitrogens is 2. The molecule has 0 bridgehead atoms. The molecule has 1 aromatic heterocycles. The molecule has 0 unspecified atom stereocenters. The van der Waals surface area contributed by atoms with Crippen molar-refractivity contribution in [1.29, 1.82) is 0 Å². The highest BCUT2D eigenvalue weighted by Gasteiger charge is 2.38. The van der Waals surface area contributed by atoms with E-state index in [1.807, 2.05) is 0 Å². The zero-order chi connectivity index (χ0) is 14.8. The average Bonchev–Trinajstić information content (AvgIpc) is 2.86. The van der Waals surface area contributed by atoms with Crippen LogP contribution >= 0.6 is 11.3 Å². The topological polar surface area (TPSA) is 90.1 Å². The van der Waals surface area contributed by atoms with Gasteiger partial charge in [-0.15, -0.1) is 10.2 Å². The summed E-state index contributed by atoms with van der Waals surface area (Å²) in [6.45, 7) is 7.94. The van der Waals surface area contributed by atoms with Crippen LogP contribution in [0.25, 0.3) is 0 Å². The third-order valence-electron chi connectivity index (χ3n) is 3.62. The van der Waals surface area contributed by atoms with E-state index in [1.54, 1.807) is 0 Å². The summed E-state index contributed by atoms with van der Waals surface area (Å²) in [5.41, 5.74) is 5.02. The number of ether oxygens (including phenoxy) is 1. The van der Waals surface area contributed by atoms with Gasteiger partial charge < -0.3 is 15.8 Å². The smallest absolute Gasteiger partial charge is 0.225 e. The monoisotopic (exact) mass is 298 g/mol. The van der Waals surface area contributed by atoms with Crippen LogP contribution in [0, 0.1) is 5.41 Å². The van der Waals surface area contributed by atoms with Gasteiger partial charge in [-0.2, -0.15) is 0 Å². The molecule has 2 heterocycles. The number of rotatable bonds is 4. The number of primary amides is 1. The normalized spacial score (nSPS) is 18.8. The van der Waals surface area contributed by atoms with Gasteiger partial charge in [0, 0.05) is 25.2 Å². The zero-order valence-electron chi connectivity index (χ0n) is 12.2. The van der Waals surface area contributed by atoms with E-state index in [0.29, 0.717) is 32.6 Å². The molecule has 0 spiro atoms. The van der Waals surface area contributed by atoms with E-state index in [2.05, 4.69) is 36.3 Å². The van der Waals surface area contributed by atoms with Crippen molar-refractivity contribution in [1.82, 2.24) is 10.2 Å². The lowest BCUT2D eigenvalue weighted by Gasteiger charge is -2.34. The molecule has 7 heteroatoms. The van der Waals surface area contributed by atoms with Crippen molar-refractivity contribution in [2.45, 2.75) is 39.0 Å². The number of nitrogens with zero attached hydrogens (tertiary/aromatic N) is 2. The second kappa shape index (κ2) is 5.65. The standard InChI is InChI=1S/C13H22N4O2S/c1-12(2,3)10-16-17-11(20-10)15-8-13(9(14)18)4-6-19-7-5-13/h4-8H2,1-3H3,(H2,14,18)(H,15,17). The van der Waals surface area contributed by atoms with Crippen LogP contribution in [0.15, 0.2) is 0 Å². The zero-order valence-corrected chi connectivity index (χ0v) is 13.0. The maximum atomic E-state index is 11.8. The number of anilines is 1. The van der Waals surface area contributed by atoms with Gasteiger partial charge in [0.2, 0.25) is 11.0 Å². The summed E-state index contributed by atoms with van der Waals surface area (Å²) in [6, 6.07) is 0. The van der Waals surface area contributed by atoms with Gasteiger partial charge in [-0.3, -0.25) is 4.79 Å². The molecule has 0 atom stereocenters. The largest absolute Gasteiger partial charge is 0.381 e. The summed E-state index contributed by atoms with van der Waals surface area (Å²) in [4.78, 5) is 11.8. The first-order chi connectivity index (χ1) is 9.33. The van der Waals surface area contributed by atoms with Crippen LogP contribution in [0.3, 0.4) is 0 Å². The van der Waals surface area contributed by atoms with Crippen LogP contribution in [0.4, 0.5) is 5.13 Å². The number of carbonyl (C=O) groups excluding carboxylic acids is 1. The highest BCUT2D eigenvalue weighted by atomic mass is 32.1. The van der Waals surface area contributed by atoms with E-state index in [0.717, 1.165) is 10.1 Å². The number of nitrogens with one attached hydrogen (secondary N) is 1. The maximum Gasteiger partial charge on any atom is 0.225 e. The fourth-order valence-corrected chi connectivity index (χ4v) is 2.91. The van der Waals surface area contributed by atoms with Crippen molar-refractivity contribution in [3.63, 3.8) is 0 Å². The first kappa shape index (κ1) is 15.2. The summed E-state index contributed by atoms with van der Waals surface area (Å²) in [6.07, 6.45) is 1.31. The van der Waals surface area contributed by atoms with Crippen LogP contribution in [0.5, 0.6) is 0 Å². The number of hydrogen-bond acceptors (Lipinski definition) is 6. The Morgan fingerprint density at radius 1 is 1.40 bits per heavy atom. The Bertz CT molecular complexity index is 475. The molecule has 0 saturated carbocycles. The van der Waals surface area contributed by atoms with Gasteiger partial charge in [-0.25, -0.2) is 0 Å². The SMILES string of the molecule is CC(C)(C)c1nnc(NCC2(C(N)=O)CCOCC2)s1. The maximum absolute atomic E-state index is 11.8. The van der Waals surface area contributed by atoms with Gasteiger partial charge in [-0.05, 0) is 12.8 Å². The van der Waals surface area contributed by atoms with Crippen molar-refractivity contribution in [2.75, 3.05) is 25.1 Å². The molecule has 1 amide bonds. The minimum absolute atomic E-state index is 0.0162. The van der Waals surface area contributed by atoms with Crippen LogP contribution in [-0.2, 0) is 14.9 Å². The van der Waals surface area contributed by atoms with Crippen molar-refractivity contribution in [2.24, 2.45) is 11.1 Å². The summed E-state index contributed by atoms with van der Waals surface area (Å²) in [5, 5.41) is 13.2. The molecule has 3 N–H and O–H groups in total. The van der Waals surface area contributed by atoms with Crippen molar-refractivity contribution in [3.8, 4) is 0 Å². The lowest BCUT2D eigenvalue weighted by atomic mass is 9.79. The van der Waals surface area contributed by atoms with E-state index in [1.165, 1.54) is 11.3 Å². The number of carbonyl (C=O) groups is 1. The van der Waals surface area contributed by atoms with E-state index in [9.17, 15) is 4.79 Å². The Labute approximate surface area is 123 Å². The lowest BCUT2D eigenvalue weighted by Crippen LogP contribution is -2.46. The summed E-state index contributed by atoms with van der Waals surface area (Å²) in [5.74, 6) is -0.270. The van der Waals surface area contributed by atoms with Crippen molar-refractivity contribution >= 4 is 22.4 Å². The van der Waals surface area contributed by atoms with E-state index in [4.69, 9.17) is 10.5 Å². The summed E-state index contributed by atoms with van der Waals surface area (Å²) < 4.78 is 5.31. The predicted molar refractivity (Wildman–Crippen MR) is 78.8 cm³/mol. The minimum atomic E-state index is -0.536. The third kappa shape index (κ3) is 3.27. The van der Waals surface area contributed by atoms with Gasteiger partial charge in [-0.1, -0.05) is 32.1 Å². The van der Waals surface area contributed by atoms with Crippen LogP contribution in [0.1, 0.15) is 38.6 Å². The van der Waals surface area contributed by atoms with Crippen LogP contribution in [0.2, 0.25) is 0 Å². The van der Waals surface area contributed by atoms with Gasteiger partial charge in [0.15, 0.2) is 0 Å². The summed E-state index contributed by atoms with van der Waals surface area (Å²) in [7, 11) is 0. The molecule has 112 valence electrons. The Hall–Kier alpha value is -1.21. The minimum Gasteiger partial charge on any atom is -0.381 e. The molecule has 0 aliphatic carbocycles. The van der Waals surface area contributed by atoms with Crippen LogP contribution in [-0.4, -0.2) is 35.9 Å². The quantitative estimate of drug-likeness (QED) is 0.879. The fraction of sp³-hybridized carbons (Fsp3) is 0.769. The predicted octanol–water partition coefficient (Wildman–Crippen LogP) is 1.53. The molecule has 20 heavy (non-hydrogen) atoms. The Morgan fingerprint density at radius 3 is 2.55 bits per heavy atom. The van der Waals surface area contributed by atoms with Gasteiger partial charge in [0.25, 0.3) is 0 Å². The Kier molecular flexibility index (Phi) is 4.29. The fourth-order valence-electron chi connectivity index (χ4n) is 2.11. The lowest BCUT2D eigenvalue weighted by molar-refractivity contribution is -0.132. The van der Waals surface area contributed by atoms with Gasteiger partial charge in [0.05, 0.1) is 5.41 Å². The molecule has 2 rings (SSSR count). The van der Waals surface area contributed by atoms with Crippen molar-refractivity contribution < 1.29 is 9.53 Å². The molecule has 1 aliphatic heterocycles. The molecule has 1 fully saturated rings. The molecule has 1 aromatic rings. The van der Waals surface area contributed by atoms with E-state index in [-0.39, 0.29) is 11.3 Å². The van der Waals surface area contributed by atoms with E-state index < -0.39 is 5.41 Å². The van der Waals surface area contributed by atoms with E-state index >= 15 is 0 Å². The molecule has 6 nitrogen and oxygen atoms in total. The molecule has 1 aliphatic rings. The third-order valence-corrected chi connectivity index (χ3v) is 4.92. The average molecular weight is 298 g/mol. The molecular weight excluding hydrogens is 276 g/mol.